The molecule has 1 saturated heterocycles. The van der Waals surface area contributed by atoms with Crippen LogP contribution < -0.4 is 10.6 Å². The Morgan fingerprint density at radius 2 is 1.93 bits per heavy atom. The Balaban J connectivity index is 0.00000280. The molecule has 0 spiro atoms. The second kappa shape index (κ2) is 11.1. The number of ether oxygens (including phenoxy) is 1. The molecule has 2 N–H and O–H groups in total. The summed E-state index contributed by atoms with van der Waals surface area (Å²) in [6, 6.07) is 10.3. The van der Waals surface area contributed by atoms with E-state index < -0.39 is 0 Å². The molecule has 0 aliphatic carbocycles. The third kappa shape index (κ3) is 6.40. The van der Waals surface area contributed by atoms with Gasteiger partial charge in [0.15, 0.2) is 5.96 Å². The van der Waals surface area contributed by atoms with Gasteiger partial charge in [-0.2, -0.15) is 0 Å². The highest BCUT2D eigenvalue weighted by atomic mass is 127. The number of nitrogens with one attached hydrogen (secondary N) is 2. The molecule has 0 unspecified atom stereocenters. The molecule has 2 aromatic rings. The van der Waals surface area contributed by atoms with E-state index in [1.165, 1.54) is 0 Å². The summed E-state index contributed by atoms with van der Waals surface area (Å²) in [5.41, 5.74) is 2.22. The predicted octanol–water partition coefficient (Wildman–Crippen LogP) is 3.20. The fourth-order valence-corrected chi connectivity index (χ4v) is 3.90. The number of nitrogens with zero attached hydrogens (tertiary/aromatic N) is 3. The lowest BCUT2D eigenvalue weighted by molar-refractivity contribution is -0.00834. The van der Waals surface area contributed by atoms with Crippen LogP contribution in [0.5, 0.6) is 0 Å². The normalized spacial score (nSPS) is 15.8. The van der Waals surface area contributed by atoms with Gasteiger partial charge in [0, 0.05) is 43.2 Å². The van der Waals surface area contributed by atoms with Gasteiger partial charge in [-0.25, -0.2) is 4.98 Å². The SMILES string of the molecule is CN=C(NCc1csc(-c2ccccc2)n1)NCC(C)(C)N1CCOCC1.I. The van der Waals surface area contributed by atoms with Crippen molar-refractivity contribution in [3.8, 4) is 10.6 Å². The standard InChI is InChI=1S/C20H29N5OS.HI/c1-20(2,25-9-11-26-12-10-25)15-23-19(21-3)22-13-17-14-27-18(24-17)16-7-5-4-6-8-16;/h4-8,14H,9-13,15H2,1-3H3,(H2,21,22,23);1H. The molecule has 1 aromatic heterocycles. The fourth-order valence-electron chi connectivity index (χ4n) is 3.08. The van der Waals surface area contributed by atoms with E-state index in [4.69, 9.17) is 9.72 Å². The van der Waals surface area contributed by atoms with E-state index in [-0.39, 0.29) is 29.5 Å². The number of aromatic nitrogens is 1. The maximum atomic E-state index is 5.46. The first-order chi connectivity index (χ1) is 13.1. The van der Waals surface area contributed by atoms with Crippen molar-refractivity contribution in [1.82, 2.24) is 20.5 Å². The molecule has 8 heteroatoms. The van der Waals surface area contributed by atoms with Crippen LogP contribution in [0, 0.1) is 0 Å². The van der Waals surface area contributed by atoms with Gasteiger partial charge in [0.2, 0.25) is 0 Å². The summed E-state index contributed by atoms with van der Waals surface area (Å²) >= 11 is 1.67. The number of morpholine rings is 1. The Hall–Kier alpha value is -1.23. The van der Waals surface area contributed by atoms with Gasteiger partial charge in [0.05, 0.1) is 25.5 Å². The van der Waals surface area contributed by atoms with Crippen LogP contribution in [0.3, 0.4) is 0 Å². The van der Waals surface area contributed by atoms with Gasteiger partial charge in [0.25, 0.3) is 0 Å². The zero-order chi connectivity index (χ0) is 19.1. The van der Waals surface area contributed by atoms with Crippen molar-refractivity contribution >= 4 is 41.3 Å². The summed E-state index contributed by atoms with van der Waals surface area (Å²) in [7, 11) is 1.80. The van der Waals surface area contributed by atoms with Crippen LogP contribution in [0.4, 0.5) is 0 Å². The molecule has 6 nitrogen and oxygen atoms in total. The molecule has 154 valence electrons. The molecule has 3 rings (SSSR count). The van der Waals surface area contributed by atoms with Crippen LogP contribution >= 0.6 is 35.3 Å². The van der Waals surface area contributed by atoms with Crippen molar-refractivity contribution in [2.75, 3.05) is 39.9 Å². The molecule has 28 heavy (non-hydrogen) atoms. The van der Waals surface area contributed by atoms with Gasteiger partial charge in [-0.3, -0.25) is 9.89 Å². The van der Waals surface area contributed by atoms with E-state index in [1.54, 1.807) is 18.4 Å². The molecule has 1 aromatic carbocycles. The van der Waals surface area contributed by atoms with Crippen molar-refractivity contribution in [2.24, 2.45) is 4.99 Å². The molecule has 1 fully saturated rings. The maximum absolute atomic E-state index is 5.46. The number of halogens is 1. The lowest BCUT2D eigenvalue weighted by Gasteiger charge is -2.41. The molecule has 0 atom stereocenters. The fraction of sp³-hybridized carbons (Fsp3) is 0.500. The smallest absolute Gasteiger partial charge is 0.191 e. The third-order valence-electron chi connectivity index (χ3n) is 4.79. The van der Waals surface area contributed by atoms with E-state index >= 15 is 0 Å². The molecular formula is C20H30IN5OS. The first-order valence-corrected chi connectivity index (χ1v) is 10.2. The summed E-state index contributed by atoms with van der Waals surface area (Å²) in [6.07, 6.45) is 0. The van der Waals surface area contributed by atoms with E-state index in [1.807, 2.05) is 18.2 Å². The van der Waals surface area contributed by atoms with Gasteiger partial charge >= 0.3 is 0 Å². The van der Waals surface area contributed by atoms with Crippen LogP contribution in [0.15, 0.2) is 40.7 Å². The average Bonchev–Trinajstić information content (AvgIpc) is 3.18. The zero-order valence-electron chi connectivity index (χ0n) is 16.8. The quantitative estimate of drug-likeness (QED) is 0.352. The van der Waals surface area contributed by atoms with Crippen LogP contribution in [-0.2, 0) is 11.3 Å². The molecule has 0 amide bonds. The topological polar surface area (TPSA) is 61.8 Å². The first-order valence-electron chi connectivity index (χ1n) is 9.35. The summed E-state index contributed by atoms with van der Waals surface area (Å²) < 4.78 is 5.46. The number of hydrogen-bond acceptors (Lipinski definition) is 5. The van der Waals surface area contributed by atoms with Gasteiger partial charge < -0.3 is 15.4 Å². The third-order valence-corrected chi connectivity index (χ3v) is 5.73. The lowest BCUT2D eigenvalue weighted by Crippen LogP contribution is -2.56. The second-order valence-electron chi connectivity index (χ2n) is 7.20. The Labute approximate surface area is 188 Å². The number of guanidine groups is 1. The highest BCUT2D eigenvalue weighted by Gasteiger charge is 2.28. The van der Waals surface area contributed by atoms with E-state index in [0.717, 1.165) is 55.1 Å². The van der Waals surface area contributed by atoms with Crippen LogP contribution in [0.25, 0.3) is 10.6 Å². The number of rotatable bonds is 6. The van der Waals surface area contributed by atoms with Crippen LogP contribution in [-0.4, -0.2) is 61.3 Å². The highest BCUT2D eigenvalue weighted by Crippen LogP contribution is 2.23. The lowest BCUT2D eigenvalue weighted by atomic mass is 10.0. The minimum absolute atomic E-state index is 0. The Bertz CT molecular complexity index is 744. The minimum Gasteiger partial charge on any atom is -0.379 e. The molecule has 0 radical (unpaired) electrons. The molecule has 0 saturated carbocycles. The molecule has 0 bridgehead atoms. The summed E-state index contributed by atoms with van der Waals surface area (Å²) in [4.78, 5) is 11.5. The average molecular weight is 515 g/mol. The molecular weight excluding hydrogens is 485 g/mol. The summed E-state index contributed by atoms with van der Waals surface area (Å²) in [5, 5.41) is 9.96. The largest absolute Gasteiger partial charge is 0.379 e. The van der Waals surface area contributed by atoms with Crippen LogP contribution in [0.1, 0.15) is 19.5 Å². The zero-order valence-corrected chi connectivity index (χ0v) is 19.9. The monoisotopic (exact) mass is 515 g/mol. The second-order valence-corrected chi connectivity index (χ2v) is 8.06. The van der Waals surface area contributed by atoms with Gasteiger partial charge in [0.1, 0.15) is 5.01 Å². The van der Waals surface area contributed by atoms with Gasteiger partial charge in [-0.15, -0.1) is 35.3 Å². The van der Waals surface area contributed by atoms with Crippen molar-refractivity contribution in [2.45, 2.75) is 25.9 Å². The van der Waals surface area contributed by atoms with Crippen molar-refractivity contribution in [3.63, 3.8) is 0 Å². The van der Waals surface area contributed by atoms with Crippen molar-refractivity contribution in [1.29, 1.82) is 0 Å². The van der Waals surface area contributed by atoms with Crippen molar-refractivity contribution in [3.05, 3.63) is 41.4 Å². The molecule has 1 aliphatic rings. The Morgan fingerprint density at radius 1 is 1.21 bits per heavy atom. The van der Waals surface area contributed by atoms with E-state index in [0.29, 0.717) is 6.54 Å². The number of thiazole rings is 1. The molecule has 1 aliphatic heterocycles. The summed E-state index contributed by atoms with van der Waals surface area (Å²) in [6.45, 7) is 9.55. The number of benzene rings is 1. The summed E-state index contributed by atoms with van der Waals surface area (Å²) in [5.74, 6) is 0.797. The maximum Gasteiger partial charge on any atom is 0.191 e. The minimum atomic E-state index is 0. The van der Waals surface area contributed by atoms with Crippen LogP contribution in [0.2, 0.25) is 0 Å². The molecule has 2 heterocycles. The van der Waals surface area contributed by atoms with E-state index in [9.17, 15) is 0 Å². The highest BCUT2D eigenvalue weighted by molar-refractivity contribution is 14.0. The first kappa shape index (κ1) is 23.1. The van der Waals surface area contributed by atoms with E-state index in [2.05, 4.69) is 51.9 Å². The van der Waals surface area contributed by atoms with Crippen molar-refractivity contribution < 1.29 is 4.74 Å². The number of aliphatic imine (C=N–C) groups is 1. The Kier molecular flexibility index (Phi) is 9.13. The predicted molar refractivity (Wildman–Crippen MR) is 128 cm³/mol. The number of hydrogen-bond donors (Lipinski definition) is 2. The Morgan fingerprint density at radius 3 is 2.61 bits per heavy atom. The van der Waals surface area contributed by atoms with Gasteiger partial charge in [-0.1, -0.05) is 30.3 Å². The van der Waals surface area contributed by atoms with Gasteiger partial charge in [-0.05, 0) is 13.8 Å².